The Bertz CT molecular complexity index is 1050. The number of hydrogen-bond acceptors (Lipinski definition) is 6. The molecule has 1 aromatic carbocycles. The van der Waals surface area contributed by atoms with Crippen molar-refractivity contribution in [1.29, 1.82) is 0 Å². The number of carbonyl (C=O) groups is 1. The van der Waals surface area contributed by atoms with E-state index in [1.54, 1.807) is 18.5 Å². The number of carbonyl (C=O) groups excluding carboxylic acids is 1. The minimum Gasteiger partial charge on any atom is -0.493 e. The minimum absolute atomic E-state index is 0.363. The molecule has 0 radical (unpaired) electrons. The van der Waals surface area contributed by atoms with Crippen molar-refractivity contribution in [3.8, 4) is 17.0 Å². The molecule has 8 nitrogen and oxygen atoms in total. The van der Waals surface area contributed by atoms with Gasteiger partial charge in [0.1, 0.15) is 5.75 Å². The van der Waals surface area contributed by atoms with Crippen molar-refractivity contribution >= 4 is 17.5 Å². The number of hydrogen-bond donors (Lipinski definition) is 3. The number of urea groups is 1. The lowest BCUT2D eigenvalue weighted by molar-refractivity contribution is 0.258. The van der Waals surface area contributed by atoms with Crippen LogP contribution < -0.4 is 20.7 Å². The first kappa shape index (κ1) is 20.7. The van der Waals surface area contributed by atoms with Gasteiger partial charge in [0.25, 0.3) is 0 Å². The molecule has 8 heteroatoms. The molecule has 3 heterocycles. The largest absolute Gasteiger partial charge is 0.493 e. The number of nitrogens with zero attached hydrogens (tertiary/aromatic N) is 3. The fourth-order valence-corrected chi connectivity index (χ4v) is 3.42. The van der Waals surface area contributed by atoms with E-state index < -0.39 is 6.03 Å². The van der Waals surface area contributed by atoms with Crippen LogP contribution in [0.25, 0.3) is 11.3 Å². The number of ether oxygens (including phenoxy) is 1. The molecule has 1 atom stereocenters. The average molecular weight is 419 g/mol. The maximum atomic E-state index is 12.3. The van der Waals surface area contributed by atoms with E-state index in [9.17, 15) is 4.79 Å². The number of aryl methyl sites for hydroxylation is 2. The van der Waals surface area contributed by atoms with Crippen LogP contribution >= 0.6 is 0 Å². The Morgan fingerprint density at radius 2 is 2.06 bits per heavy atom. The lowest BCUT2D eigenvalue weighted by Crippen LogP contribution is -2.20. The van der Waals surface area contributed by atoms with Gasteiger partial charge in [-0.3, -0.25) is 15.3 Å². The van der Waals surface area contributed by atoms with Gasteiger partial charge in [-0.2, -0.15) is 0 Å². The summed E-state index contributed by atoms with van der Waals surface area (Å²) in [5, 5.41) is 8.80. The smallest absolute Gasteiger partial charge is 0.324 e. The number of nitrogens with one attached hydrogen (secondary N) is 3. The Kier molecular flexibility index (Phi) is 6.37. The van der Waals surface area contributed by atoms with Crippen LogP contribution in [-0.4, -0.2) is 40.7 Å². The monoisotopic (exact) mass is 418 g/mol. The molecule has 0 bridgehead atoms. The summed E-state index contributed by atoms with van der Waals surface area (Å²) in [7, 11) is 0. The van der Waals surface area contributed by atoms with Gasteiger partial charge in [0.15, 0.2) is 5.82 Å². The summed E-state index contributed by atoms with van der Waals surface area (Å²) < 4.78 is 6.01. The Morgan fingerprint density at radius 3 is 2.81 bits per heavy atom. The van der Waals surface area contributed by atoms with Gasteiger partial charge >= 0.3 is 6.03 Å². The molecule has 3 N–H and O–H groups in total. The van der Waals surface area contributed by atoms with Crippen LogP contribution in [-0.2, 0) is 0 Å². The molecule has 31 heavy (non-hydrogen) atoms. The molecule has 2 amide bonds. The van der Waals surface area contributed by atoms with Crippen molar-refractivity contribution in [3.05, 3.63) is 60.2 Å². The van der Waals surface area contributed by atoms with Crippen molar-refractivity contribution in [2.45, 2.75) is 20.3 Å². The highest BCUT2D eigenvalue weighted by molar-refractivity contribution is 5.99. The third-order valence-corrected chi connectivity index (χ3v) is 5.15. The van der Waals surface area contributed by atoms with E-state index in [0.29, 0.717) is 23.1 Å². The molecular weight excluding hydrogens is 392 g/mol. The number of rotatable bonds is 6. The van der Waals surface area contributed by atoms with Crippen LogP contribution in [0.15, 0.2) is 48.9 Å². The Labute approximate surface area is 181 Å². The van der Waals surface area contributed by atoms with Gasteiger partial charge in [-0.05, 0) is 62.7 Å². The molecule has 1 aliphatic rings. The second-order valence-corrected chi connectivity index (χ2v) is 7.71. The predicted molar refractivity (Wildman–Crippen MR) is 120 cm³/mol. The molecule has 0 aliphatic carbocycles. The van der Waals surface area contributed by atoms with Gasteiger partial charge in [0, 0.05) is 23.7 Å². The highest BCUT2D eigenvalue weighted by Gasteiger charge is 2.15. The van der Waals surface area contributed by atoms with Crippen molar-refractivity contribution in [1.82, 2.24) is 20.3 Å². The number of aromatic nitrogens is 3. The van der Waals surface area contributed by atoms with Gasteiger partial charge in [0.05, 0.1) is 36.6 Å². The van der Waals surface area contributed by atoms with E-state index in [4.69, 9.17) is 4.74 Å². The van der Waals surface area contributed by atoms with Crippen LogP contribution in [0.4, 0.5) is 16.3 Å². The van der Waals surface area contributed by atoms with E-state index in [2.05, 4.69) is 30.9 Å². The summed E-state index contributed by atoms with van der Waals surface area (Å²) in [6.45, 7) is 6.70. The molecule has 0 spiro atoms. The lowest BCUT2D eigenvalue weighted by atomic mass is 10.1. The topological polar surface area (TPSA) is 101 Å². The summed E-state index contributed by atoms with van der Waals surface area (Å²) >= 11 is 0. The lowest BCUT2D eigenvalue weighted by Gasteiger charge is -2.14. The molecule has 1 unspecified atom stereocenters. The SMILES string of the molecule is Cc1ccc(NC(=O)Nc2cncc(-c3ccc(OCC4CCNC4)c(C)c3)n2)cn1. The second kappa shape index (κ2) is 9.53. The molecule has 1 saturated heterocycles. The van der Waals surface area contributed by atoms with Crippen LogP contribution in [0.5, 0.6) is 5.75 Å². The summed E-state index contributed by atoms with van der Waals surface area (Å²) in [4.78, 5) is 25.2. The van der Waals surface area contributed by atoms with Crippen LogP contribution in [0.1, 0.15) is 17.7 Å². The average Bonchev–Trinajstić information content (AvgIpc) is 3.28. The van der Waals surface area contributed by atoms with Gasteiger partial charge in [-0.15, -0.1) is 0 Å². The van der Waals surface area contributed by atoms with Gasteiger partial charge in [-0.25, -0.2) is 9.78 Å². The summed E-state index contributed by atoms with van der Waals surface area (Å²) in [6.07, 6.45) is 5.94. The first-order valence-corrected chi connectivity index (χ1v) is 10.3. The zero-order chi connectivity index (χ0) is 21.6. The standard InChI is InChI=1S/C23H26N6O2/c1-15-9-18(4-6-21(15)31-14-17-7-8-24-10-17)20-12-25-13-22(28-20)29-23(30)27-19-5-3-16(2)26-11-19/h3-6,9,11-13,17,24H,7-8,10,14H2,1-2H3,(H2,27,28,29,30). The molecule has 3 aromatic rings. The fourth-order valence-electron chi connectivity index (χ4n) is 3.42. The van der Waals surface area contributed by atoms with Crippen molar-refractivity contribution in [3.63, 3.8) is 0 Å². The molecule has 2 aromatic heterocycles. The Balaban J connectivity index is 1.40. The van der Waals surface area contributed by atoms with E-state index in [1.807, 2.05) is 38.1 Å². The molecule has 0 saturated carbocycles. The Morgan fingerprint density at radius 1 is 1.16 bits per heavy atom. The molecule has 160 valence electrons. The number of pyridine rings is 1. The predicted octanol–water partition coefficient (Wildman–Crippen LogP) is 3.79. The normalized spacial score (nSPS) is 15.5. The number of benzene rings is 1. The van der Waals surface area contributed by atoms with Crippen molar-refractivity contribution in [2.24, 2.45) is 5.92 Å². The third-order valence-electron chi connectivity index (χ3n) is 5.15. The summed E-state index contributed by atoms with van der Waals surface area (Å²) in [6, 6.07) is 9.16. The van der Waals surface area contributed by atoms with Gasteiger partial charge < -0.3 is 15.4 Å². The van der Waals surface area contributed by atoms with E-state index in [1.165, 1.54) is 6.20 Å². The molecule has 1 aliphatic heterocycles. The number of amides is 2. The number of anilines is 2. The first-order valence-electron chi connectivity index (χ1n) is 10.3. The highest BCUT2D eigenvalue weighted by Crippen LogP contribution is 2.26. The van der Waals surface area contributed by atoms with E-state index >= 15 is 0 Å². The molecule has 4 rings (SSSR count). The molecule has 1 fully saturated rings. The zero-order valence-electron chi connectivity index (χ0n) is 17.7. The fraction of sp³-hybridized carbons (Fsp3) is 0.304. The van der Waals surface area contributed by atoms with Crippen molar-refractivity contribution in [2.75, 3.05) is 30.3 Å². The Hall–Kier alpha value is -3.52. The van der Waals surface area contributed by atoms with Crippen molar-refractivity contribution < 1.29 is 9.53 Å². The van der Waals surface area contributed by atoms with Crippen LogP contribution in [0, 0.1) is 19.8 Å². The third kappa shape index (κ3) is 5.55. The summed E-state index contributed by atoms with van der Waals surface area (Å²) in [5.74, 6) is 1.81. The zero-order valence-corrected chi connectivity index (χ0v) is 17.7. The first-order chi connectivity index (χ1) is 15.1. The van der Waals surface area contributed by atoms with Crippen LogP contribution in [0.2, 0.25) is 0 Å². The maximum Gasteiger partial charge on any atom is 0.324 e. The van der Waals surface area contributed by atoms with Gasteiger partial charge in [-0.1, -0.05) is 0 Å². The maximum absolute atomic E-state index is 12.3. The van der Waals surface area contributed by atoms with E-state index in [0.717, 1.165) is 48.7 Å². The quantitative estimate of drug-likeness (QED) is 0.563. The highest BCUT2D eigenvalue weighted by atomic mass is 16.5. The van der Waals surface area contributed by atoms with Gasteiger partial charge in [0.2, 0.25) is 0 Å². The second-order valence-electron chi connectivity index (χ2n) is 7.71. The van der Waals surface area contributed by atoms with E-state index in [-0.39, 0.29) is 0 Å². The summed E-state index contributed by atoms with van der Waals surface area (Å²) in [5.41, 5.74) is 4.10. The van der Waals surface area contributed by atoms with Crippen LogP contribution in [0.3, 0.4) is 0 Å². The minimum atomic E-state index is -0.404. The molecular formula is C23H26N6O2.